The SMILES string of the molecule is CCC(CNC(=O)C1C[C@H]2CC[C@@H](C1)N2)N1CCc2ccccc2C1.O=C(O)C(F)(F)F. The maximum atomic E-state index is 12.7. The molecule has 9 heteroatoms. The number of rotatable bonds is 5. The molecule has 6 nitrogen and oxygen atoms in total. The van der Waals surface area contributed by atoms with Crippen LogP contribution in [0.1, 0.15) is 50.2 Å². The van der Waals surface area contributed by atoms with Gasteiger partial charge in [0, 0.05) is 43.7 Å². The monoisotopic (exact) mass is 455 g/mol. The molecule has 0 aliphatic carbocycles. The Bertz CT molecular complexity index is 790. The fourth-order valence-corrected chi connectivity index (χ4v) is 4.99. The number of amides is 1. The molecule has 32 heavy (non-hydrogen) atoms. The summed E-state index contributed by atoms with van der Waals surface area (Å²) >= 11 is 0. The molecule has 1 aromatic carbocycles. The lowest BCUT2D eigenvalue weighted by atomic mass is 9.91. The van der Waals surface area contributed by atoms with E-state index in [2.05, 4.69) is 46.7 Å². The summed E-state index contributed by atoms with van der Waals surface area (Å²) in [6.07, 6.45) is 1.67. The fourth-order valence-electron chi connectivity index (χ4n) is 4.99. The van der Waals surface area contributed by atoms with Crippen molar-refractivity contribution in [2.45, 2.75) is 76.3 Å². The number of aliphatic carboxylic acids is 1. The smallest absolute Gasteiger partial charge is 0.475 e. The van der Waals surface area contributed by atoms with Gasteiger partial charge in [0.2, 0.25) is 5.91 Å². The van der Waals surface area contributed by atoms with Crippen molar-refractivity contribution in [3.63, 3.8) is 0 Å². The number of carboxylic acids is 1. The van der Waals surface area contributed by atoms with Crippen molar-refractivity contribution in [1.29, 1.82) is 0 Å². The lowest BCUT2D eigenvalue weighted by Gasteiger charge is -2.36. The molecule has 0 aromatic heterocycles. The average molecular weight is 456 g/mol. The molecule has 3 N–H and O–H groups in total. The minimum Gasteiger partial charge on any atom is -0.475 e. The van der Waals surface area contributed by atoms with E-state index in [1.54, 1.807) is 0 Å². The van der Waals surface area contributed by atoms with Crippen LogP contribution >= 0.6 is 0 Å². The van der Waals surface area contributed by atoms with E-state index < -0.39 is 12.1 Å². The summed E-state index contributed by atoms with van der Waals surface area (Å²) in [5, 5.41) is 14.0. The van der Waals surface area contributed by atoms with Crippen LogP contribution in [-0.4, -0.2) is 59.3 Å². The van der Waals surface area contributed by atoms with Gasteiger partial charge in [-0.2, -0.15) is 13.2 Å². The first kappa shape index (κ1) is 24.5. The van der Waals surface area contributed by atoms with E-state index in [0.29, 0.717) is 18.1 Å². The van der Waals surface area contributed by atoms with Crippen LogP contribution in [0.3, 0.4) is 0 Å². The van der Waals surface area contributed by atoms with Gasteiger partial charge in [0.05, 0.1) is 0 Å². The van der Waals surface area contributed by atoms with Gasteiger partial charge in [-0.1, -0.05) is 31.2 Å². The summed E-state index contributed by atoms with van der Waals surface area (Å²) in [6, 6.07) is 10.4. The minimum atomic E-state index is -5.08. The van der Waals surface area contributed by atoms with Crippen molar-refractivity contribution in [2.75, 3.05) is 13.1 Å². The number of halogens is 3. The number of alkyl halides is 3. The maximum Gasteiger partial charge on any atom is 0.490 e. The highest BCUT2D eigenvalue weighted by Gasteiger charge is 2.38. The lowest BCUT2D eigenvalue weighted by molar-refractivity contribution is -0.192. The highest BCUT2D eigenvalue weighted by atomic mass is 19.4. The molecular formula is C23H32F3N3O3. The van der Waals surface area contributed by atoms with E-state index in [9.17, 15) is 18.0 Å². The summed E-state index contributed by atoms with van der Waals surface area (Å²) in [5.41, 5.74) is 2.94. The van der Waals surface area contributed by atoms with Crippen LogP contribution in [0.4, 0.5) is 13.2 Å². The van der Waals surface area contributed by atoms with Crippen LogP contribution in [0.15, 0.2) is 24.3 Å². The molecule has 2 fully saturated rings. The average Bonchev–Trinajstić information content (AvgIpc) is 3.11. The van der Waals surface area contributed by atoms with Crippen LogP contribution < -0.4 is 10.6 Å². The molecule has 4 rings (SSSR count). The standard InChI is InChI=1S/C21H31N3O.C2HF3O2/c1-2-20(24-10-9-15-5-3-4-6-16(15)14-24)13-22-21(25)17-11-18-7-8-19(12-17)23-18;3-2(4,5)1(6)7/h3-6,17-20,23H,2,7-14H2,1H3,(H,22,25);(H,6,7)/t17?,18-,19+,20?;. The number of carbonyl (C=O) groups excluding carboxylic acids is 1. The van der Waals surface area contributed by atoms with E-state index in [1.807, 2.05) is 0 Å². The van der Waals surface area contributed by atoms with Crippen LogP contribution in [0.2, 0.25) is 0 Å². The molecule has 1 amide bonds. The normalized spacial score (nSPS) is 25.8. The van der Waals surface area contributed by atoms with E-state index >= 15 is 0 Å². The number of nitrogens with zero attached hydrogens (tertiary/aromatic N) is 1. The summed E-state index contributed by atoms with van der Waals surface area (Å²) in [5.74, 6) is -2.25. The van der Waals surface area contributed by atoms with Gasteiger partial charge in [0.25, 0.3) is 0 Å². The molecule has 3 aliphatic rings. The molecule has 1 aromatic rings. The Labute approximate surface area is 186 Å². The molecular weight excluding hydrogens is 423 g/mol. The largest absolute Gasteiger partial charge is 0.490 e. The third-order valence-corrected chi connectivity index (χ3v) is 6.75. The highest BCUT2D eigenvalue weighted by molar-refractivity contribution is 5.79. The van der Waals surface area contributed by atoms with Gasteiger partial charge in [-0.3, -0.25) is 9.69 Å². The van der Waals surface area contributed by atoms with Gasteiger partial charge in [0.1, 0.15) is 0 Å². The van der Waals surface area contributed by atoms with Crippen molar-refractivity contribution < 1.29 is 27.9 Å². The molecule has 3 aliphatic heterocycles. The van der Waals surface area contributed by atoms with Gasteiger partial charge in [-0.05, 0) is 49.7 Å². The number of hydrogen-bond donors (Lipinski definition) is 3. The zero-order chi connectivity index (χ0) is 23.3. The Kier molecular flexibility index (Phi) is 8.16. The Morgan fingerprint density at radius 3 is 2.34 bits per heavy atom. The van der Waals surface area contributed by atoms with Gasteiger partial charge in [-0.15, -0.1) is 0 Å². The van der Waals surface area contributed by atoms with E-state index in [-0.39, 0.29) is 11.8 Å². The first-order chi connectivity index (χ1) is 15.2. The van der Waals surface area contributed by atoms with Gasteiger partial charge >= 0.3 is 12.1 Å². The number of fused-ring (bicyclic) bond motifs is 3. The van der Waals surface area contributed by atoms with Crippen molar-refractivity contribution in [3.8, 4) is 0 Å². The second-order valence-electron chi connectivity index (χ2n) is 8.91. The highest BCUT2D eigenvalue weighted by Crippen LogP contribution is 2.31. The predicted octanol–water partition coefficient (Wildman–Crippen LogP) is 3.10. The zero-order valence-electron chi connectivity index (χ0n) is 18.3. The summed E-state index contributed by atoms with van der Waals surface area (Å²) in [6.45, 7) is 5.14. The fraction of sp³-hybridized carbons (Fsp3) is 0.652. The number of carboxylic acid groups (broad SMARTS) is 1. The third kappa shape index (κ3) is 6.45. The van der Waals surface area contributed by atoms with E-state index in [0.717, 1.165) is 45.3 Å². The van der Waals surface area contributed by atoms with Gasteiger partial charge < -0.3 is 15.7 Å². The quantitative estimate of drug-likeness (QED) is 0.636. The minimum absolute atomic E-state index is 0.221. The number of nitrogens with one attached hydrogen (secondary N) is 2. The van der Waals surface area contributed by atoms with E-state index in [1.165, 1.54) is 24.0 Å². The molecule has 0 spiro atoms. The summed E-state index contributed by atoms with van der Waals surface area (Å²) in [4.78, 5) is 24.1. The number of benzene rings is 1. The second kappa shape index (κ2) is 10.7. The summed E-state index contributed by atoms with van der Waals surface area (Å²) < 4.78 is 31.7. The first-order valence-electron chi connectivity index (χ1n) is 11.3. The van der Waals surface area contributed by atoms with Crippen molar-refractivity contribution in [1.82, 2.24) is 15.5 Å². The van der Waals surface area contributed by atoms with Crippen molar-refractivity contribution >= 4 is 11.9 Å². The van der Waals surface area contributed by atoms with Gasteiger partial charge in [0.15, 0.2) is 0 Å². The van der Waals surface area contributed by atoms with Gasteiger partial charge in [-0.25, -0.2) is 4.79 Å². The number of piperidine rings is 1. The first-order valence-corrected chi connectivity index (χ1v) is 11.3. The second-order valence-corrected chi connectivity index (χ2v) is 8.91. The molecule has 2 bridgehead atoms. The predicted molar refractivity (Wildman–Crippen MR) is 114 cm³/mol. The van der Waals surface area contributed by atoms with E-state index in [4.69, 9.17) is 9.90 Å². The Hall–Kier alpha value is -2.13. The topological polar surface area (TPSA) is 81.7 Å². The maximum absolute atomic E-state index is 12.7. The molecule has 0 radical (unpaired) electrons. The van der Waals surface area contributed by atoms with Crippen molar-refractivity contribution in [3.05, 3.63) is 35.4 Å². The Balaban J connectivity index is 0.000000360. The Morgan fingerprint density at radius 1 is 1.19 bits per heavy atom. The third-order valence-electron chi connectivity index (χ3n) is 6.75. The summed E-state index contributed by atoms with van der Waals surface area (Å²) in [7, 11) is 0. The number of hydrogen-bond acceptors (Lipinski definition) is 4. The molecule has 2 unspecified atom stereocenters. The molecule has 0 saturated carbocycles. The van der Waals surface area contributed by atoms with Crippen LogP contribution in [0, 0.1) is 5.92 Å². The molecule has 3 heterocycles. The molecule has 4 atom stereocenters. The lowest BCUT2D eigenvalue weighted by Crippen LogP contribution is -2.49. The van der Waals surface area contributed by atoms with Crippen LogP contribution in [-0.2, 0) is 22.6 Å². The van der Waals surface area contributed by atoms with Crippen LogP contribution in [0.5, 0.6) is 0 Å². The van der Waals surface area contributed by atoms with Crippen LogP contribution in [0.25, 0.3) is 0 Å². The Morgan fingerprint density at radius 2 is 1.78 bits per heavy atom. The molecule has 178 valence electrons. The number of carbonyl (C=O) groups is 2. The van der Waals surface area contributed by atoms with Crippen molar-refractivity contribution in [2.24, 2.45) is 5.92 Å². The zero-order valence-corrected chi connectivity index (χ0v) is 18.3. The molecule has 2 saturated heterocycles.